The number of hydrogen-bond donors (Lipinski definition) is 1. The van der Waals surface area contributed by atoms with Crippen LogP contribution in [0, 0.1) is 11.3 Å². The van der Waals surface area contributed by atoms with Gasteiger partial charge in [-0.2, -0.15) is 15.5 Å². The summed E-state index contributed by atoms with van der Waals surface area (Å²) in [4.78, 5) is 16.7. The molecule has 3 aromatic heterocycles. The maximum Gasteiger partial charge on any atom is 0.236 e. The highest BCUT2D eigenvalue weighted by Crippen LogP contribution is 2.32. The zero-order valence-corrected chi connectivity index (χ0v) is 12.2. The van der Waals surface area contributed by atoms with E-state index >= 15 is 0 Å². The van der Waals surface area contributed by atoms with Crippen molar-refractivity contribution >= 4 is 27.8 Å². The number of amides is 1. The van der Waals surface area contributed by atoms with Crippen molar-refractivity contribution in [2.24, 2.45) is 0 Å². The summed E-state index contributed by atoms with van der Waals surface area (Å²) in [6.45, 7) is 1.20. The van der Waals surface area contributed by atoms with Crippen molar-refractivity contribution in [3.8, 4) is 6.07 Å². The average molecular weight is 307 g/mol. The molecule has 4 rings (SSSR count). The minimum absolute atomic E-state index is 0.0819. The molecule has 1 saturated heterocycles. The summed E-state index contributed by atoms with van der Waals surface area (Å²) in [5.74, 6) is -0.0362. The summed E-state index contributed by atoms with van der Waals surface area (Å²) in [6, 6.07) is 3.86. The van der Waals surface area contributed by atoms with Crippen LogP contribution in [0.15, 0.2) is 18.5 Å². The Hall–Kier alpha value is -3.08. The number of nitriles is 1. The zero-order chi connectivity index (χ0) is 15.8. The van der Waals surface area contributed by atoms with Gasteiger partial charge in [-0.3, -0.25) is 4.79 Å². The summed E-state index contributed by atoms with van der Waals surface area (Å²) in [7, 11) is 0. The number of hydrogen-bond acceptors (Lipinski definition) is 6. The van der Waals surface area contributed by atoms with Gasteiger partial charge in [-0.1, -0.05) is 0 Å². The van der Waals surface area contributed by atoms with Crippen LogP contribution in [-0.2, 0) is 4.79 Å². The summed E-state index contributed by atoms with van der Waals surface area (Å²) < 4.78 is 0. The van der Waals surface area contributed by atoms with E-state index in [-0.39, 0.29) is 18.2 Å². The molecule has 8 heteroatoms. The molecule has 1 aliphatic heterocycles. The van der Waals surface area contributed by atoms with Crippen LogP contribution in [-0.4, -0.2) is 49.3 Å². The highest BCUT2D eigenvalue weighted by Gasteiger charge is 2.30. The number of fused-ring (bicyclic) bond motifs is 3. The lowest BCUT2D eigenvalue weighted by atomic mass is 10.00. The fourth-order valence-corrected chi connectivity index (χ4v) is 3.17. The van der Waals surface area contributed by atoms with Crippen LogP contribution in [0.25, 0.3) is 21.9 Å². The smallest absolute Gasteiger partial charge is 0.236 e. The Morgan fingerprint density at radius 3 is 3.22 bits per heavy atom. The van der Waals surface area contributed by atoms with Crippen LogP contribution < -0.4 is 0 Å². The van der Waals surface area contributed by atoms with Crippen molar-refractivity contribution in [3.63, 3.8) is 0 Å². The summed E-state index contributed by atoms with van der Waals surface area (Å²) in [5.41, 5.74) is 2.25. The second kappa shape index (κ2) is 5.28. The number of aromatic nitrogens is 5. The average Bonchev–Trinajstić information content (AvgIpc) is 3.23. The number of likely N-dealkylation sites (tertiary alicyclic amines) is 1. The minimum Gasteiger partial charge on any atom is -0.345 e. The Bertz CT molecular complexity index is 942. The highest BCUT2D eigenvalue weighted by molar-refractivity contribution is 6.03. The number of aromatic amines is 1. The second-order valence-electron chi connectivity index (χ2n) is 5.59. The predicted molar refractivity (Wildman–Crippen MR) is 81.2 cm³/mol. The number of nitrogens with zero attached hydrogens (tertiary/aromatic N) is 6. The van der Waals surface area contributed by atoms with E-state index in [0.717, 1.165) is 22.9 Å². The Morgan fingerprint density at radius 2 is 2.35 bits per heavy atom. The van der Waals surface area contributed by atoms with Crippen molar-refractivity contribution < 1.29 is 4.79 Å². The number of rotatable bonds is 2. The number of carbonyl (C=O) groups is 1. The lowest BCUT2D eigenvalue weighted by Gasteiger charge is -2.15. The molecule has 114 valence electrons. The Kier molecular flexibility index (Phi) is 3.12. The molecule has 0 radical (unpaired) electrons. The molecule has 1 fully saturated rings. The topological polar surface area (TPSA) is 111 Å². The molecule has 4 heterocycles. The van der Waals surface area contributed by atoms with Gasteiger partial charge in [0.05, 0.1) is 18.0 Å². The van der Waals surface area contributed by atoms with Crippen LogP contribution in [0.2, 0.25) is 0 Å². The molecule has 0 saturated carbocycles. The third-order valence-electron chi connectivity index (χ3n) is 4.27. The summed E-state index contributed by atoms with van der Waals surface area (Å²) in [6.07, 6.45) is 4.15. The first-order chi connectivity index (χ1) is 11.3. The van der Waals surface area contributed by atoms with E-state index in [1.165, 1.54) is 0 Å². The van der Waals surface area contributed by atoms with Crippen molar-refractivity contribution in [1.82, 2.24) is 30.3 Å². The van der Waals surface area contributed by atoms with Gasteiger partial charge in [0.15, 0.2) is 5.65 Å². The SMILES string of the molecule is N#CCC(=O)N1CCC(c2nncc3nnc4[nH]ccc4c23)C1. The molecule has 8 nitrogen and oxygen atoms in total. The largest absolute Gasteiger partial charge is 0.345 e. The molecule has 1 unspecified atom stereocenters. The molecule has 1 atom stereocenters. The molecular formula is C15H13N7O. The Balaban J connectivity index is 1.76. The molecule has 0 aliphatic carbocycles. The molecule has 1 amide bonds. The molecule has 0 bridgehead atoms. The molecular weight excluding hydrogens is 294 g/mol. The molecule has 0 aromatic carbocycles. The van der Waals surface area contributed by atoms with Crippen LogP contribution in [0.1, 0.15) is 24.5 Å². The second-order valence-corrected chi connectivity index (χ2v) is 5.59. The van der Waals surface area contributed by atoms with Crippen molar-refractivity contribution in [1.29, 1.82) is 5.26 Å². The van der Waals surface area contributed by atoms with E-state index < -0.39 is 0 Å². The highest BCUT2D eigenvalue weighted by atomic mass is 16.2. The van der Waals surface area contributed by atoms with Gasteiger partial charge in [-0.05, 0) is 12.5 Å². The number of carbonyl (C=O) groups excluding carboxylic acids is 1. The van der Waals surface area contributed by atoms with Crippen molar-refractivity contribution in [3.05, 3.63) is 24.2 Å². The molecule has 3 aromatic rings. The molecule has 1 aliphatic rings. The summed E-state index contributed by atoms with van der Waals surface area (Å²) >= 11 is 0. The Morgan fingerprint density at radius 1 is 1.43 bits per heavy atom. The van der Waals surface area contributed by atoms with E-state index in [2.05, 4.69) is 25.4 Å². The molecule has 0 spiro atoms. The van der Waals surface area contributed by atoms with Crippen molar-refractivity contribution in [2.75, 3.05) is 13.1 Å². The first-order valence-electron chi connectivity index (χ1n) is 7.37. The maximum atomic E-state index is 11.9. The molecule has 23 heavy (non-hydrogen) atoms. The van der Waals surface area contributed by atoms with Gasteiger partial charge >= 0.3 is 0 Å². The standard InChI is InChI=1S/C15H13N7O/c16-4-1-12(23)22-6-3-9(8-22)14-13-10-2-5-17-15(10)21-19-11(13)7-18-20-14/h2,5,7,9H,1,3,6,8H2,(H,17,21). The van der Waals surface area contributed by atoms with Gasteiger partial charge in [-0.25, -0.2) is 0 Å². The van der Waals surface area contributed by atoms with Crippen LogP contribution >= 0.6 is 0 Å². The van der Waals surface area contributed by atoms with Gasteiger partial charge in [0, 0.05) is 36.0 Å². The van der Waals surface area contributed by atoms with E-state index in [4.69, 9.17) is 5.26 Å². The van der Waals surface area contributed by atoms with E-state index in [1.54, 1.807) is 11.1 Å². The monoisotopic (exact) mass is 307 g/mol. The lowest BCUT2D eigenvalue weighted by molar-refractivity contribution is -0.129. The van der Waals surface area contributed by atoms with Gasteiger partial charge in [0.1, 0.15) is 11.9 Å². The van der Waals surface area contributed by atoms with E-state index in [9.17, 15) is 4.79 Å². The van der Waals surface area contributed by atoms with Gasteiger partial charge in [0.25, 0.3) is 0 Å². The molecule has 1 N–H and O–H groups in total. The van der Waals surface area contributed by atoms with Gasteiger partial charge < -0.3 is 9.88 Å². The van der Waals surface area contributed by atoms with E-state index in [1.807, 2.05) is 18.3 Å². The zero-order valence-electron chi connectivity index (χ0n) is 12.2. The fraction of sp³-hybridized carbons (Fsp3) is 0.333. The van der Waals surface area contributed by atoms with Crippen LogP contribution in [0.3, 0.4) is 0 Å². The normalized spacial score (nSPS) is 17.7. The fourth-order valence-electron chi connectivity index (χ4n) is 3.17. The maximum absolute atomic E-state index is 11.9. The minimum atomic E-state index is -0.130. The Labute approximate surface area is 131 Å². The van der Waals surface area contributed by atoms with E-state index in [0.29, 0.717) is 24.3 Å². The van der Waals surface area contributed by atoms with Crippen LogP contribution in [0.4, 0.5) is 0 Å². The quantitative estimate of drug-likeness (QED) is 0.759. The number of nitrogens with one attached hydrogen (secondary N) is 1. The first-order valence-corrected chi connectivity index (χ1v) is 7.37. The third-order valence-corrected chi connectivity index (χ3v) is 4.27. The summed E-state index contributed by atoms with van der Waals surface area (Å²) in [5, 5.41) is 27.3. The first kappa shape index (κ1) is 13.6. The van der Waals surface area contributed by atoms with Crippen molar-refractivity contribution in [2.45, 2.75) is 18.8 Å². The third kappa shape index (κ3) is 2.17. The van der Waals surface area contributed by atoms with Crippen LogP contribution in [0.5, 0.6) is 0 Å². The van der Waals surface area contributed by atoms with Gasteiger partial charge in [-0.15, -0.1) is 10.2 Å². The predicted octanol–water partition coefficient (Wildman–Crippen LogP) is 1.13. The lowest BCUT2D eigenvalue weighted by Crippen LogP contribution is -2.27. The number of H-pyrrole nitrogens is 1. The van der Waals surface area contributed by atoms with Gasteiger partial charge in [0.2, 0.25) is 5.91 Å².